The molecule has 172 valence electrons. The van der Waals surface area contributed by atoms with Crippen LogP contribution in [0.3, 0.4) is 0 Å². The van der Waals surface area contributed by atoms with E-state index < -0.39 is 11.8 Å². The van der Waals surface area contributed by atoms with Crippen molar-refractivity contribution in [3.8, 4) is 5.75 Å². The highest BCUT2D eigenvalue weighted by atomic mass is 16.5. The molecule has 1 atom stereocenters. The number of rotatable bonds is 7. The molecule has 0 spiro atoms. The maximum Gasteiger partial charge on any atom is 0.313 e. The van der Waals surface area contributed by atoms with E-state index in [1.165, 1.54) is 0 Å². The average Bonchev–Trinajstić information content (AvgIpc) is 2.80. The number of carbonyl (C=O) groups excluding carboxylic acids is 2. The van der Waals surface area contributed by atoms with Crippen molar-refractivity contribution in [3.63, 3.8) is 0 Å². The average molecular weight is 440 g/mol. The Morgan fingerprint density at radius 2 is 1.72 bits per heavy atom. The van der Waals surface area contributed by atoms with Gasteiger partial charge in [0.25, 0.3) is 0 Å². The fraction of sp³-hybridized carbons (Fsp3) is 0.417. The molecule has 0 unspecified atom stereocenters. The largest absolute Gasteiger partial charge is 0.497 e. The van der Waals surface area contributed by atoms with E-state index in [1.807, 2.05) is 14.1 Å². The Morgan fingerprint density at radius 1 is 1.03 bits per heavy atom. The first-order valence-corrected chi connectivity index (χ1v) is 10.8. The summed E-state index contributed by atoms with van der Waals surface area (Å²) in [5.74, 6) is -0.741. The molecule has 2 aromatic carbocycles. The fourth-order valence-electron chi connectivity index (χ4n) is 3.74. The van der Waals surface area contributed by atoms with Crippen molar-refractivity contribution in [2.24, 2.45) is 0 Å². The number of piperazine rings is 1. The Morgan fingerprint density at radius 3 is 2.34 bits per heavy atom. The summed E-state index contributed by atoms with van der Waals surface area (Å²) < 4.78 is 5.16. The third kappa shape index (κ3) is 6.21. The third-order valence-corrected chi connectivity index (χ3v) is 5.76. The van der Waals surface area contributed by atoms with Crippen molar-refractivity contribution < 1.29 is 14.3 Å². The van der Waals surface area contributed by atoms with E-state index in [4.69, 9.17) is 4.74 Å². The highest BCUT2D eigenvalue weighted by molar-refractivity contribution is 6.39. The number of hydrogen-bond donors (Lipinski definition) is 2. The van der Waals surface area contributed by atoms with Crippen LogP contribution < -0.4 is 20.3 Å². The third-order valence-electron chi connectivity index (χ3n) is 5.76. The highest BCUT2D eigenvalue weighted by Gasteiger charge is 2.25. The summed E-state index contributed by atoms with van der Waals surface area (Å²) in [6.45, 7) is 4.10. The lowest BCUT2D eigenvalue weighted by atomic mass is 10.0. The fourth-order valence-corrected chi connectivity index (χ4v) is 3.74. The van der Waals surface area contributed by atoms with Crippen LogP contribution in [0.15, 0.2) is 48.5 Å². The maximum absolute atomic E-state index is 12.5. The molecule has 1 aliphatic rings. The van der Waals surface area contributed by atoms with Gasteiger partial charge in [0.2, 0.25) is 0 Å². The van der Waals surface area contributed by atoms with Crippen molar-refractivity contribution >= 4 is 23.2 Å². The van der Waals surface area contributed by atoms with Crippen LogP contribution in [-0.4, -0.2) is 82.6 Å². The molecule has 2 amide bonds. The summed E-state index contributed by atoms with van der Waals surface area (Å²) in [5.41, 5.74) is 2.75. The van der Waals surface area contributed by atoms with Crippen molar-refractivity contribution in [2.75, 3.05) is 71.2 Å². The normalized spacial score (nSPS) is 15.6. The number of likely N-dealkylation sites (N-methyl/N-ethyl adjacent to an activating group) is 1. The van der Waals surface area contributed by atoms with Gasteiger partial charge in [-0.05, 0) is 36.9 Å². The van der Waals surface area contributed by atoms with Gasteiger partial charge in [0.1, 0.15) is 5.75 Å². The highest BCUT2D eigenvalue weighted by Crippen LogP contribution is 2.24. The first kappa shape index (κ1) is 23.6. The van der Waals surface area contributed by atoms with Gasteiger partial charge in [-0.15, -0.1) is 0 Å². The Bertz CT molecular complexity index is 908. The van der Waals surface area contributed by atoms with Crippen LogP contribution >= 0.6 is 0 Å². The molecule has 0 bridgehead atoms. The molecule has 0 radical (unpaired) electrons. The number of nitrogens with one attached hydrogen (secondary N) is 2. The first-order valence-electron chi connectivity index (χ1n) is 10.8. The van der Waals surface area contributed by atoms with Gasteiger partial charge in [0.05, 0.1) is 13.2 Å². The van der Waals surface area contributed by atoms with E-state index >= 15 is 0 Å². The van der Waals surface area contributed by atoms with Crippen molar-refractivity contribution in [1.82, 2.24) is 15.1 Å². The van der Waals surface area contributed by atoms with E-state index in [2.05, 4.69) is 56.6 Å². The standard InChI is InChI=1S/C24H33N5O3/c1-27(2)20-10-8-18(9-11-20)22(29-14-12-28(3)13-15-29)17-25-23(30)24(31)26-19-6-5-7-21(16-19)32-4/h5-11,16,22H,12-15,17H2,1-4H3,(H,25,30)(H,26,31)/t22-/m0/s1. The predicted octanol–water partition coefficient (Wildman–Crippen LogP) is 1.80. The summed E-state index contributed by atoms with van der Waals surface area (Å²) in [4.78, 5) is 31.7. The molecule has 0 aromatic heterocycles. The zero-order chi connectivity index (χ0) is 23.1. The molecule has 32 heavy (non-hydrogen) atoms. The number of amides is 2. The summed E-state index contributed by atoms with van der Waals surface area (Å²) in [6.07, 6.45) is 0. The van der Waals surface area contributed by atoms with E-state index in [0.29, 0.717) is 18.0 Å². The van der Waals surface area contributed by atoms with E-state index in [1.54, 1.807) is 31.4 Å². The molecule has 1 fully saturated rings. The van der Waals surface area contributed by atoms with E-state index in [9.17, 15) is 9.59 Å². The molecular weight excluding hydrogens is 406 g/mol. The second-order valence-electron chi connectivity index (χ2n) is 8.24. The molecule has 1 saturated heterocycles. The molecule has 3 rings (SSSR count). The van der Waals surface area contributed by atoms with Gasteiger partial charge in [-0.3, -0.25) is 14.5 Å². The number of anilines is 2. The van der Waals surface area contributed by atoms with Crippen molar-refractivity contribution in [3.05, 3.63) is 54.1 Å². The Kier molecular flexibility index (Phi) is 8.08. The van der Waals surface area contributed by atoms with Crippen molar-refractivity contribution in [1.29, 1.82) is 0 Å². The Labute approximate surface area is 190 Å². The topological polar surface area (TPSA) is 77.1 Å². The van der Waals surface area contributed by atoms with Crippen LogP contribution in [0.1, 0.15) is 11.6 Å². The lowest BCUT2D eigenvalue weighted by molar-refractivity contribution is -0.136. The second kappa shape index (κ2) is 11.0. The Balaban J connectivity index is 1.67. The van der Waals surface area contributed by atoms with Gasteiger partial charge in [0.15, 0.2) is 0 Å². The van der Waals surface area contributed by atoms with E-state index in [-0.39, 0.29) is 6.04 Å². The van der Waals surface area contributed by atoms with Gasteiger partial charge in [0, 0.05) is 64.3 Å². The summed E-state index contributed by atoms with van der Waals surface area (Å²) in [6, 6.07) is 15.3. The molecule has 0 saturated carbocycles. The predicted molar refractivity (Wildman–Crippen MR) is 127 cm³/mol. The Hall–Kier alpha value is -3.10. The summed E-state index contributed by atoms with van der Waals surface area (Å²) in [5, 5.41) is 5.46. The van der Waals surface area contributed by atoms with Gasteiger partial charge >= 0.3 is 11.8 Å². The lowest BCUT2D eigenvalue weighted by Gasteiger charge is -2.38. The molecule has 0 aliphatic carbocycles. The zero-order valence-corrected chi connectivity index (χ0v) is 19.3. The quantitative estimate of drug-likeness (QED) is 0.641. The minimum Gasteiger partial charge on any atom is -0.497 e. The van der Waals surface area contributed by atoms with Crippen LogP contribution in [0.4, 0.5) is 11.4 Å². The number of ether oxygens (including phenoxy) is 1. The van der Waals surface area contributed by atoms with Crippen LogP contribution in [0.2, 0.25) is 0 Å². The molecule has 8 heteroatoms. The van der Waals surface area contributed by atoms with Gasteiger partial charge in [-0.1, -0.05) is 18.2 Å². The molecule has 1 aliphatic heterocycles. The van der Waals surface area contributed by atoms with Crippen LogP contribution in [0, 0.1) is 0 Å². The van der Waals surface area contributed by atoms with Gasteiger partial charge in [-0.2, -0.15) is 0 Å². The summed E-state index contributed by atoms with van der Waals surface area (Å²) in [7, 11) is 7.68. The smallest absolute Gasteiger partial charge is 0.313 e. The molecule has 1 heterocycles. The monoisotopic (exact) mass is 439 g/mol. The molecule has 2 N–H and O–H groups in total. The van der Waals surface area contributed by atoms with Gasteiger partial charge in [-0.25, -0.2) is 0 Å². The molecule has 8 nitrogen and oxygen atoms in total. The molecule has 2 aromatic rings. The lowest BCUT2D eigenvalue weighted by Crippen LogP contribution is -2.49. The SMILES string of the molecule is COc1cccc(NC(=O)C(=O)NC[C@@H](c2ccc(N(C)C)cc2)N2CCN(C)CC2)c1. The summed E-state index contributed by atoms with van der Waals surface area (Å²) >= 11 is 0. The number of carbonyl (C=O) groups is 2. The van der Waals surface area contributed by atoms with Gasteiger partial charge < -0.3 is 25.2 Å². The van der Waals surface area contributed by atoms with Crippen LogP contribution in [-0.2, 0) is 9.59 Å². The second-order valence-corrected chi connectivity index (χ2v) is 8.24. The number of hydrogen-bond acceptors (Lipinski definition) is 6. The zero-order valence-electron chi connectivity index (χ0n) is 19.3. The number of nitrogens with zero attached hydrogens (tertiary/aromatic N) is 3. The van der Waals surface area contributed by atoms with E-state index in [0.717, 1.165) is 37.4 Å². The molecular formula is C24H33N5O3. The van der Waals surface area contributed by atoms with Crippen LogP contribution in [0.25, 0.3) is 0 Å². The van der Waals surface area contributed by atoms with Crippen LogP contribution in [0.5, 0.6) is 5.75 Å². The number of benzene rings is 2. The minimum absolute atomic E-state index is 0.00604. The van der Waals surface area contributed by atoms with Crippen molar-refractivity contribution in [2.45, 2.75) is 6.04 Å². The maximum atomic E-state index is 12.5. The first-order chi connectivity index (χ1) is 15.4. The number of methoxy groups -OCH3 is 1. The minimum atomic E-state index is -0.696.